The third kappa shape index (κ3) is 3.64. The van der Waals surface area contributed by atoms with Gasteiger partial charge in [0.05, 0.1) is 21.2 Å². The first kappa shape index (κ1) is 16.2. The van der Waals surface area contributed by atoms with E-state index in [1.54, 1.807) is 37.3 Å². The second kappa shape index (κ2) is 6.86. The lowest BCUT2D eigenvalue weighted by Gasteiger charge is -2.03. The first-order valence-electron chi connectivity index (χ1n) is 6.91. The number of amides is 2. The number of nitrogens with one attached hydrogen (secondary N) is 2. The van der Waals surface area contributed by atoms with Crippen molar-refractivity contribution in [3.05, 3.63) is 64.0 Å². The summed E-state index contributed by atoms with van der Waals surface area (Å²) in [4.78, 5) is 28.8. The SMILES string of the molecule is Cc1cc(NC(=O)c2ccco2)sc1C(=O)Nc1ccc(Cl)cn1. The maximum atomic E-state index is 12.3. The van der Waals surface area contributed by atoms with Crippen LogP contribution in [0.3, 0.4) is 0 Å². The highest BCUT2D eigenvalue weighted by molar-refractivity contribution is 7.18. The van der Waals surface area contributed by atoms with Crippen LogP contribution in [0.4, 0.5) is 10.8 Å². The summed E-state index contributed by atoms with van der Waals surface area (Å²) in [5, 5.41) is 6.44. The van der Waals surface area contributed by atoms with Crippen LogP contribution in [0.1, 0.15) is 25.8 Å². The molecule has 0 radical (unpaired) electrons. The van der Waals surface area contributed by atoms with Crippen molar-refractivity contribution in [2.45, 2.75) is 6.92 Å². The number of furan rings is 1. The minimum absolute atomic E-state index is 0.206. The molecule has 0 saturated heterocycles. The van der Waals surface area contributed by atoms with Gasteiger partial charge < -0.3 is 15.1 Å². The fourth-order valence-corrected chi connectivity index (χ4v) is 3.05. The predicted molar refractivity (Wildman–Crippen MR) is 92.9 cm³/mol. The van der Waals surface area contributed by atoms with Crippen molar-refractivity contribution in [1.29, 1.82) is 0 Å². The largest absolute Gasteiger partial charge is 0.459 e. The molecule has 122 valence electrons. The maximum Gasteiger partial charge on any atom is 0.291 e. The minimum atomic E-state index is -0.368. The van der Waals surface area contributed by atoms with Gasteiger partial charge in [-0.25, -0.2) is 4.98 Å². The lowest BCUT2D eigenvalue weighted by molar-refractivity contribution is 0.0995. The first-order chi connectivity index (χ1) is 11.5. The summed E-state index contributed by atoms with van der Waals surface area (Å²) in [6.07, 6.45) is 2.88. The normalized spacial score (nSPS) is 10.4. The molecule has 0 saturated carbocycles. The summed E-state index contributed by atoms with van der Waals surface area (Å²) in [6, 6.07) is 8.18. The molecule has 3 aromatic heterocycles. The molecule has 24 heavy (non-hydrogen) atoms. The fraction of sp³-hybridized carbons (Fsp3) is 0.0625. The smallest absolute Gasteiger partial charge is 0.291 e. The number of carbonyl (C=O) groups excluding carboxylic acids is 2. The molecule has 3 heterocycles. The Morgan fingerprint density at radius 3 is 2.71 bits per heavy atom. The third-order valence-corrected chi connectivity index (χ3v) is 4.45. The highest BCUT2D eigenvalue weighted by Gasteiger charge is 2.17. The van der Waals surface area contributed by atoms with Crippen molar-refractivity contribution in [3.63, 3.8) is 0 Å². The van der Waals surface area contributed by atoms with Crippen molar-refractivity contribution in [3.8, 4) is 0 Å². The third-order valence-electron chi connectivity index (χ3n) is 3.07. The number of hydrogen-bond donors (Lipinski definition) is 2. The number of aromatic nitrogens is 1. The molecule has 3 rings (SSSR count). The Morgan fingerprint density at radius 2 is 2.04 bits per heavy atom. The van der Waals surface area contributed by atoms with Crippen LogP contribution in [0.15, 0.2) is 47.2 Å². The molecule has 8 heteroatoms. The zero-order valence-corrected chi connectivity index (χ0v) is 14.1. The zero-order valence-electron chi connectivity index (χ0n) is 12.5. The first-order valence-corrected chi connectivity index (χ1v) is 8.10. The number of hydrogen-bond acceptors (Lipinski definition) is 5. The second-order valence-corrected chi connectivity index (χ2v) is 6.36. The molecule has 0 bridgehead atoms. The van der Waals surface area contributed by atoms with E-state index in [1.807, 2.05) is 0 Å². The van der Waals surface area contributed by atoms with Gasteiger partial charge in [0.15, 0.2) is 5.76 Å². The Hall–Kier alpha value is -2.64. The van der Waals surface area contributed by atoms with Crippen molar-refractivity contribution in [2.24, 2.45) is 0 Å². The van der Waals surface area contributed by atoms with E-state index in [9.17, 15) is 9.59 Å². The number of halogens is 1. The van der Waals surface area contributed by atoms with Crippen molar-refractivity contribution < 1.29 is 14.0 Å². The summed E-state index contributed by atoms with van der Waals surface area (Å²) >= 11 is 6.94. The molecule has 0 aliphatic carbocycles. The summed E-state index contributed by atoms with van der Waals surface area (Å²) < 4.78 is 5.03. The molecule has 0 atom stereocenters. The molecule has 2 amide bonds. The van der Waals surface area contributed by atoms with Crippen LogP contribution < -0.4 is 10.6 Å². The number of aryl methyl sites for hydroxylation is 1. The monoisotopic (exact) mass is 361 g/mol. The predicted octanol–water partition coefficient (Wildman–Crippen LogP) is 4.20. The van der Waals surface area contributed by atoms with Crippen LogP contribution in [-0.4, -0.2) is 16.8 Å². The Kier molecular flexibility index (Phi) is 4.64. The molecule has 0 unspecified atom stereocenters. The Bertz CT molecular complexity index is 873. The average molecular weight is 362 g/mol. The van der Waals surface area contributed by atoms with Crippen LogP contribution >= 0.6 is 22.9 Å². The van der Waals surface area contributed by atoms with E-state index in [4.69, 9.17) is 16.0 Å². The van der Waals surface area contributed by atoms with Crippen molar-refractivity contribution in [1.82, 2.24) is 4.98 Å². The quantitative estimate of drug-likeness (QED) is 0.729. The van der Waals surface area contributed by atoms with Crippen LogP contribution in [0.25, 0.3) is 0 Å². The highest BCUT2D eigenvalue weighted by atomic mass is 35.5. The van der Waals surface area contributed by atoms with E-state index >= 15 is 0 Å². The number of anilines is 2. The Morgan fingerprint density at radius 1 is 1.21 bits per heavy atom. The number of carbonyl (C=O) groups is 2. The molecule has 0 aromatic carbocycles. The summed E-state index contributed by atoms with van der Waals surface area (Å²) in [5.41, 5.74) is 0.751. The standard InChI is InChI=1S/C16H12ClN3O3S/c1-9-7-13(20-15(21)11-3-2-6-23-11)24-14(9)16(22)19-12-5-4-10(17)8-18-12/h2-8H,1H3,(H,20,21)(H,18,19,22). The number of rotatable bonds is 4. The molecular weight excluding hydrogens is 350 g/mol. The molecule has 0 aliphatic rings. The van der Waals surface area contributed by atoms with Gasteiger partial charge in [-0.2, -0.15) is 0 Å². The second-order valence-electron chi connectivity index (χ2n) is 4.87. The molecule has 0 spiro atoms. The van der Waals surface area contributed by atoms with Gasteiger partial charge in [-0.3, -0.25) is 9.59 Å². The molecule has 3 aromatic rings. The molecule has 6 nitrogen and oxygen atoms in total. The van der Waals surface area contributed by atoms with E-state index in [0.717, 1.165) is 5.56 Å². The van der Waals surface area contributed by atoms with Gasteiger partial charge in [0.2, 0.25) is 0 Å². The van der Waals surface area contributed by atoms with Crippen LogP contribution in [0, 0.1) is 6.92 Å². The number of pyridine rings is 1. The molecule has 0 aliphatic heterocycles. The van der Waals surface area contributed by atoms with Crippen LogP contribution in [0.5, 0.6) is 0 Å². The summed E-state index contributed by atoms with van der Waals surface area (Å²) in [6.45, 7) is 1.79. The molecule has 0 fully saturated rings. The lowest BCUT2D eigenvalue weighted by Crippen LogP contribution is -2.12. The minimum Gasteiger partial charge on any atom is -0.459 e. The van der Waals surface area contributed by atoms with Gasteiger partial charge in [0, 0.05) is 6.20 Å². The maximum absolute atomic E-state index is 12.3. The number of nitrogens with zero attached hydrogens (tertiary/aromatic N) is 1. The van der Waals surface area contributed by atoms with Gasteiger partial charge in [-0.15, -0.1) is 11.3 Å². The van der Waals surface area contributed by atoms with E-state index in [0.29, 0.717) is 20.7 Å². The summed E-state index contributed by atoms with van der Waals surface area (Å²) in [7, 11) is 0. The Balaban J connectivity index is 1.72. The van der Waals surface area contributed by atoms with Gasteiger partial charge in [0.25, 0.3) is 11.8 Å². The Labute approximate surface area is 146 Å². The molecular formula is C16H12ClN3O3S. The van der Waals surface area contributed by atoms with Gasteiger partial charge in [0.1, 0.15) is 5.82 Å². The lowest BCUT2D eigenvalue weighted by atomic mass is 10.2. The zero-order chi connectivity index (χ0) is 17.1. The fourth-order valence-electron chi connectivity index (χ4n) is 1.97. The highest BCUT2D eigenvalue weighted by Crippen LogP contribution is 2.28. The van der Waals surface area contributed by atoms with Gasteiger partial charge >= 0.3 is 0 Å². The van der Waals surface area contributed by atoms with Crippen molar-refractivity contribution >= 4 is 45.6 Å². The average Bonchev–Trinajstić information content (AvgIpc) is 3.19. The molecule has 2 N–H and O–H groups in total. The van der Waals surface area contributed by atoms with E-state index in [-0.39, 0.29) is 17.6 Å². The van der Waals surface area contributed by atoms with Crippen LogP contribution in [-0.2, 0) is 0 Å². The van der Waals surface area contributed by atoms with E-state index < -0.39 is 0 Å². The topological polar surface area (TPSA) is 84.2 Å². The summed E-state index contributed by atoms with van der Waals surface area (Å²) in [5.74, 6) is -0.0609. The van der Waals surface area contributed by atoms with Gasteiger partial charge in [-0.1, -0.05) is 11.6 Å². The van der Waals surface area contributed by atoms with Crippen molar-refractivity contribution in [2.75, 3.05) is 10.6 Å². The van der Waals surface area contributed by atoms with E-state index in [1.165, 1.54) is 23.8 Å². The van der Waals surface area contributed by atoms with Gasteiger partial charge in [-0.05, 0) is 42.8 Å². The number of thiophene rings is 1. The van der Waals surface area contributed by atoms with Crippen LogP contribution in [0.2, 0.25) is 5.02 Å². The van der Waals surface area contributed by atoms with E-state index in [2.05, 4.69) is 15.6 Å².